The van der Waals surface area contributed by atoms with Crippen LogP contribution in [-0.4, -0.2) is 11.8 Å². The second-order valence-corrected chi connectivity index (χ2v) is 5.23. The van der Waals surface area contributed by atoms with Crippen LogP contribution in [0.4, 0.5) is 0 Å². The van der Waals surface area contributed by atoms with E-state index in [-0.39, 0.29) is 0 Å². The molecular weight excluding hydrogens is 194 g/mol. The smallest absolute Gasteiger partial charge is 0.0633 e. The van der Waals surface area contributed by atoms with Crippen molar-refractivity contribution in [1.29, 1.82) is 0 Å². The first-order valence-electron chi connectivity index (χ1n) is 6.42. The van der Waals surface area contributed by atoms with E-state index in [0.29, 0.717) is 17.9 Å². The zero-order chi connectivity index (χ0) is 11.0. The Hall–Kier alpha value is -1.11. The molecule has 0 spiro atoms. The number of dihydropyridines is 1. The van der Waals surface area contributed by atoms with Crippen LogP contribution < -0.4 is 0 Å². The maximum Gasteiger partial charge on any atom is 0.0633 e. The van der Waals surface area contributed by atoms with E-state index in [4.69, 9.17) is 4.99 Å². The van der Waals surface area contributed by atoms with Gasteiger partial charge in [0.2, 0.25) is 0 Å². The largest absolute Gasteiger partial charge is 0.286 e. The van der Waals surface area contributed by atoms with Crippen molar-refractivity contribution in [3.05, 3.63) is 36.5 Å². The maximum atomic E-state index is 4.89. The molecule has 84 valence electrons. The van der Waals surface area contributed by atoms with Gasteiger partial charge in [0.15, 0.2) is 0 Å². The van der Waals surface area contributed by atoms with Crippen molar-refractivity contribution in [3.8, 4) is 0 Å². The molecular formula is C15H19N. The van der Waals surface area contributed by atoms with Crippen LogP contribution in [0.25, 0.3) is 0 Å². The summed E-state index contributed by atoms with van der Waals surface area (Å²) in [5.74, 6) is 2.04. The van der Waals surface area contributed by atoms with Crippen molar-refractivity contribution in [2.45, 2.75) is 32.2 Å². The fraction of sp³-hybridized carbons (Fsp3) is 0.533. The molecule has 0 saturated heterocycles. The van der Waals surface area contributed by atoms with Crippen molar-refractivity contribution >= 4 is 5.71 Å². The van der Waals surface area contributed by atoms with Crippen LogP contribution in [0.2, 0.25) is 0 Å². The van der Waals surface area contributed by atoms with Gasteiger partial charge in [0.05, 0.1) is 6.04 Å². The van der Waals surface area contributed by atoms with E-state index in [9.17, 15) is 0 Å². The molecule has 2 unspecified atom stereocenters. The van der Waals surface area contributed by atoms with E-state index in [1.165, 1.54) is 25.0 Å². The molecule has 1 heterocycles. The van der Waals surface area contributed by atoms with Gasteiger partial charge < -0.3 is 0 Å². The first-order chi connectivity index (χ1) is 7.84. The van der Waals surface area contributed by atoms with E-state index in [1.807, 2.05) is 0 Å². The predicted octanol–water partition coefficient (Wildman–Crippen LogP) is 3.54. The second-order valence-electron chi connectivity index (χ2n) is 5.23. The number of nitrogens with zero attached hydrogens (tertiary/aromatic N) is 1. The van der Waals surface area contributed by atoms with Gasteiger partial charge in [0.25, 0.3) is 0 Å². The molecule has 0 radical (unpaired) electrons. The minimum atomic E-state index is 0.499. The summed E-state index contributed by atoms with van der Waals surface area (Å²) in [6.07, 6.45) is 17.8. The Morgan fingerprint density at radius 2 is 1.88 bits per heavy atom. The highest BCUT2D eigenvalue weighted by Crippen LogP contribution is 2.39. The molecule has 0 bridgehead atoms. The van der Waals surface area contributed by atoms with E-state index in [0.717, 1.165) is 5.92 Å². The fourth-order valence-corrected chi connectivity index (χ4v) is 3.30. The lowest BCUT2D eigenvalue weighted by Crippen LogP contribution is -2.31. The number of hydrogen-bond acceptors (Lipinski definition) is 1. The van der Waals surface area contributed by atoms with E-state index in [2.05, 4.69) is 43.4 Å². The lowest BCUT2D eigenvalue weighted by molar-refractivity contribution is 0.359. The van der Waals surface area contributed by atoms with Crippen LogP contribution in [0, 0.1) is 17.8 Å². The van der Waals surface area contributed by atoms with Crippen molar-refractivity contribution in [2.75, 3.05) is 0 Å². The van der Waals surface area contributed by atoms with Gasteiger partial charge in [-0.15, -0.1) is 0 Å². The number of aliphatic imine (C=N–C) groups is 1. The molecule has 0 aromatic heterocycles. The third kappa shape index (κ3) is 1.68. The Kier molecular flexibility index (Phi) is 2.55. The molecule has 3 aliphatic rings. The molecule has 0 N–H and O–H groups in total. The van der Waals surface area contributed by atoms with Crippen molar-refractivity contribution < 1.29 is 0 Å². The Labute approximate surface area is 97.7 Å². The average Bonchev–Trinajstić information content (AvgIpc) is 2.48. The zero-order valence-corrected chi connectivity index (χ0v) is 9.84. The van der Waals surface area contributed by atoms with Crippen LogP contribution >= 0.6 is 0 Å². The molecule has 1 saturated carbocycles. The van der Waals surface area contributed by atoms with Gasteiger partial charge in [-0.1, -0.05) is 36.8 Å². The number of allylic oxidation sites excluding steroid dienone is 4. The van der Waals surface area contributed by atoms with Crippen molar-refractivity contribution in [3.63, 3.8) is 0 Å². The van der Waals surface area contributed by atoms with Crippen LogP contribution in [0.1, 0.15) is 26.2 Å². The molecule has 1 heteroatoms. The molecule has 16 heavy (non-hydrogen) atoms. The lowest BCUT2D eigenvalue weighted by Gasteiger charge is -2.31. The Morgan fingerprint density at radius 1 is 1.06 bits per heavy atom. The fourth-order valence-electron chi connectivity index (χ4n) is 3.30. The summed E-state index contributed by atoms with van der Waals surface area (Å²) in [5.41, 5.74) is 1.20. The first kappa shape index (κ1) is 10.1. The van der Waals surface area contributed by atoms with Crippen molar-refractivity contribution in [2.24, 2.45) is 22.7 Å². The molecule has 0 amide bonds. The normalized spacial score (nSPS) is 40.9. The first-order valence-corrected chi connectivity index (χ1v) is 6.42. The topological polar surface area (TPSA) is 12.4 Å². The molecule has 3 rings (SSSR count). The standard InChI is InChI=1S/C15H19N/c1-11-9-10-13-7-4-6-12-5-2-3-8-14(12)15(13)16-11/h2-3,5,8-10,12-15H,4,6-7H2,1H3/t12?,13-,14-,15?/m1/s1. The van der Waals surface area contributed by atoms with Gasteiger partial charge in [-0.05, 0) is 31.8 Å². The predicted molar refractivity (Wildman–Crippen MR) is 68.6 cm³/mol. The van der Waals surface area contributed by atoms with Crippen LogP contribution in [-0.2, 0) is 0 Å². The molecule has 2 aliphatic carbocycles. The summed E-state index contributed by atoms with van der Waals surface area (Å²) in [5, 5.41) is 0. The summed E-state index contributed by atoms with van der Waals surface area (Å²) < 4.78 is 0. The van der Waals surface area contributed by atoms with Gasteiger partial charge >= 0.3 is 0 Å². The van der Waals surface area contributed by atoms with Gasteiger partial charge in [-0.3, -0.25) is 4.99 Å². The Balaban J connectivity index is 1.94. The minimum Gasteiger partial charge on any atom is -0.286 e. The summed E-state index contributed by atoms with van der Waals surface area (Å²) in [6, 6.07) is 0.499. The molecule has 0 aromatic carbocycles. The van der Waals surface area contributed by atoms with Gasteiger partial charge in [-0.2, -0.15) is 0 Å². The molecule has 1 nitrogen and oxygen atoms in total. The minimum absolute atomic E-state index is 0.499. The summed E-state index contributed by atoms with van der Waals surface area (Å²) >= 11 is 0. The Bertz CT molecular complexity index is 386. The van der Waals surface area contributed by atoms with Gasteiger partial charge in [-0.25, -0.2) is 0 Å². The quantitative estimate of drug-likeness (QED) is 0.583. The summed E-state index contributed by atoms with van der Waals surface area (Å²) in [6.45, 7) is 2.12. The summed E-state index contributed by atoms with van der Waals surface area (Å²) in [4.78, 5) is 4.89. The van der Waals surface area contributed by atoms with Crippen LogP contribution in [0.15, 0.2) is 41.4 Å². The van der Waals surface area contributed by atoms with Gasteiger partial charge in [0.1, 0.15) is 0 Å². The third-order valence-electron chi connectivity index (χ3n) is 4.14. The molecule has 1 aliphatic heterocycles. The molecule has 4 atom stereocenters. The maximum absolute atomic E-state index is 4.89. The number of hydrogen-bond donors (Lipinski definition) is 0. The average molecular weight is 213 g/mol. The number of fused-ring (bicyclic) bond motifs is 3. The SMILES string of the molecule is CC1=NC2[C@@H]3C=CC=CC3CCC[C@@H]2C=C1. The highest BCUT2D eigenvalue weighted by atomic mass is 14.8. The van der Waals surface area contributed by atoms with E-state index < -0.39 is 0 Å². The zero-order valence-electron chi connectivity index (χ0n) is 9.84. The molecule has 0 aromatic rings. The van der Waals surface area contributed by atoms with Crippen molar-refractivity contribution in [1.82, 2.24) is 0 Å². The summed E-state index contributed by atoms with van der Waals surface area (Å²) in [7, 11) is 0. The lowest BCUT2D eigenvalue weighted by atomic mass is 9.78. The molecule has 1 fully saturated rings. The van der Waals surface area contributed by atoms with E-state index in [1.54, 1.807) is 0 Å². The van der Waals surface area contributed by atoms with E-state index >= 15 is 0 Å². The monoisotopic (exact) mass is 213 g/mol. The number of rotatable bonds is 0. The van der Waals surface area contributed by atoms with Gasteiger partial charge in [0, 0.05) is 17.5 Å². The third-order valence-corrected chi connectivity index (χ3v) is 4.14. The van der Waals surface area contributed by atoms with Crippen LogP contribution in [0.3, 0.4) is 0 Å². The second kappa shape index (κ2) is 4.04. The highest BCUT2D eigenvalue weighted by Gasteiger charge is 2.35. The Morgan fingerprint density at radius 3 is 2.81 bits per heavy atom. The highest BCUT2D eigenvalue weighted by molar-refractivity contribution is 5.93. The van der Waals surface area contributed by atoms with Crippen LogP contribution in [0.5, 0.6) is 0 Å².